The number of nitrogens with one attached hydrogen (secondary N) is 2. The molecule has 0 fully saturated rings. The van der Waals surface area contributed by atoms with Crippen molar-refractivity contribution in [2.24, 2.45) is 0 Å². The molecule has 0 aliphatic rings. The van der Waals surface area contributed by atoms with Crippen molar-refractivity contribution in [3.8, 4) is 0 Å². The number of rotatable bonds is 6. The number of benzene rings is 1. The van der Waals surface area contributed by atoms with Gasteiger partial charge in [-0.05, 0) is 50.2 Å². The molecular formula is C13H19ClN2O. The van der Waals surface area contributed by atoms with Gasteiger partial charge in [-0.2, -0.15) is 0 Å². The molecule has 2 N–H and O–H groups in total. The zero-order valence-electron chi connectivity index (χ0n) is 10.3. The second-order valence-electron chi connectivity index (χ2n) is 3.93. The summed E-state index contributed by atoms with van der Waals surface area (Å²) in [5.41, 5.74) is 1.59. The highest BCUT2D eigenvalue weighted by Gasteiger charge is 2.05. The molecule has 1 aromatic carbocycles. The Morgan fingerprint density at radius 1 is 1.35 bits per heavy atom. The van der Waals surface area contributed by atoms with E-state index in [1.807, 2.05) is 13.0 Å². The Labute approximate surface area is 108 Å². The van der Waals surface area contributed by atoms with E-state index in [1.165, 1.54) is 0 Å². The van der Waals surface area contributed by atoms with E-state index in [9.17, 15) is 4.79 Å². The molecule has 0 saturated heterocycles. The van der Waals surface area contributed by atoms with Gasteiger partial charge in [-0.3, -0.25) is 4.79 Å². The standard InChI is InChI=1S/C13H19ClN2O/c1-3-15-7-4-8-16-13(17)11-5-6-12(14)10(2)9-11/h5-6,9,15H,3-4,7-8H2,1-2H3,(H,16,17). The number of carbonyl (C=O) groups is 1. The Kier molecular flexibility index (Phi) is 6.01. The lowest BCUT2D eigenvalue weighted by molar-refractivity contribution is 0.0953. The van der Waals surface area contributed by atoms with Crippen LogP contribution in [0.3, 0.4) is 0 Å². The molecule has 0 aliphatic heterocycles. The molecule has 0 saturated carbocycles. The highest BCUT2D eigenvalue weighted by molar-refractivity contribution is 6.31. The van der Waals surface area contributed by atoms with Crippen molar-refractivity contribution in [1.29, 1.82) is 0 Å². The van der Waals surface area contributed by atoms with Crippen LogP contribution < -0.4 is 10.6 Å². The second kappa shape index (κ2) is 7.30. The Morgan fingerprint density at radius 2 is 2.12 bits per heavy atom. The van der Waals surface area contributed by atoms with Gasteiger partial charge in [-0.25, -0.2) is 0 Å². The van der Waals surface area contributed by atoms with E-state index < -0.39 is 0 Å². The molecule has 3 nitrogen and oxygen atoms in total. The van der Waals surface area contributed by atoms with Gasteiger partial charge in [0, 0.05) is 17.1 Å². The van der Waals surface area contributed by atoms with E-state index >= 15 is 0 Å². The summed E-state index contributed by atoms with van der Waals surface area (Å²) in [4.78, 5) is 11.8. The minimum atomic E-state index is -0.0405. The van der Waals surface area contributed by atoms with Gasteiger partial charge in [0.05, 0.1) is 0 Å². The van der Waals surface area contributed by atoms with Crippen molar-refractivity contribution in [1.82, 2.24) is 10.6 Å². The van der Waals surface area contributed by atoms with Crippen molar-refractivity contribution < 1.29 is 4.79 Å². The Hall–Kier alpha value is -1.06. The number of amides is 1. The van der Waals surface area contributed by atoms with Crippen LogP contribution in [0.25, 0.3) is 0 Å². The lowest BCUT2D eigenvalue weighted by Gasteiger charge is -2.06. The van der Waals surface area contributed by atoms with Crippen LogP contribution in [-0.2, 0) is 0 Å². The molecule has 94 valence electrons. The van der Waals surface area contributed by atoms with Gasteiger partial charge in [0.2, 0.25) is 0 Å². The average Bonchev–Trinajstić information content (AvgIpc) is 2.32. The van der Waals surface area contributed by atoms with Gasteiger partial charge in [0.1, 0.15) is 0 Å². The first-order valence-electron chi connectivity index (χ1n) is 5.90. The summed E-state index contributed by atoms with van der Waals surface area (Å²) in [5, 5.41) is 6.78. The Morgan fingerprint density at radius 3 is 2.76 bits per heavy atom. The zero-order valence-corrected chi connectivity index (χ0v) is 11.1. The van der Waals surface area contributed by atoms with Crippen LogP contribution in [0.2, 0.25) is 5.02 Å². The van der Waals surface area contributed by atoms with Gasteiger partial charge in [-0.15, -0.1) is 0 Å². The third-order valence-electron chi connectivity index (χ3n) is 2.49. The molecule has 1 amide bonds. The van der Waals surface area contributed by atoms with E-state index in [0.29, 0.717) is 17.1 Å². The molecule has 1 rings (SSSR count). The lowest BCUT2D eigenvalue weighted by Crippen LogP contribution is -2.27. The summed E-state index contributed by atoms with van der Waals surface area (Å²) in [7, 11) is 0. The van der Waals surface area contributed by atoms with Crippen molar-refractivity contribution in [3.05, 3.63) is 34.3 Å². The SMILES string of the molecule is CCNCCCNC(=O)c1ccc(Cl)c(C)c1. The molecule has 0 aliphatic carbocycles. The largest absolute Gasteiger partial charge is 0.352 e. The van der Waals surface area contributed by atoms with Crippen LogP contribution in [0.1, 0.15) is 29.3 Å². The molecule has 0 spiro atoms. The average molecular weight is 255 g/mol. The maximum atomic E-state index is 11.8. The summed E-state index contributed by atoms with van der Waals surface area (Å²) < 4.78 is 0. The minimum absolute atomic E-state index is 0.0405. The van der Waals surface area contributed by atoms with Crippen LogP contribution in [0.5, 0.6) is 0 Å². The van der Waals surface area contributed by atoms with Crippen LogP contribution >= 0.6 is 11.6 Å². The predicted molar refractivity (Wildman–Crippen MR) is 71.7 cm³/mol. The first-order chi connectivity index (χ1) is 8.15. The van der Waals surface area contributed by atoms with Crippen LogP contribution in [0.4, 0.5) is 0 Å². The van der Waals surface area contributed by atoms with E-state index in [1.54, 1.807) is 12.1 Å². The summed E-state index contributed by atoms with van der Waals surface area (Å²) in [5.74, 6) is -0.0405. The molecule has 0 unspecified atom stereocenters. The monoisotopic (exact) mass is 254 g/mol. The summed E-state index contributed by atoms with van der Waals surface area (Å²) in [6.45, 7) is 6.54. The normalized spacial score (nSPS) is 10.3. The van der Waals surface area contributed by atoms with Crippen LogP contribution in [-0.4, -0.2) is 25.5 Å². The van der Waals surface area contributed by atoms with E-state index in [2.05, 4.69) is 17.6 Å². The molecular weight excluding hydrogens is 236 g/mol. The number of aryl methyl sites for hydroxylation is 1. The van der Waals surface area contributed by atoms with Crippen LogP contribution in [0.15, 0.2) is 18.2 Å². The van der Waals surface area contributed by atoms with Crippen molar-refractivity contribution in [2.75, 3.05) is 19.6 Å². The molecule has 0 bridgehead atoms. The third kappa shape index (κ3) is 4.75. The molecule has 4 heteroatoms. The van der Waals surface area contributed by atoms with Crippen molar-refractivity contribution in [3.63, 3.8) is 0 Å². The van der Waals surface area contributed by atoms with E-state index in [-0.39, 0.29) is 5.91 Å². The fourth-order valence-corrected chi connectivity index (χ4v) is 1.60. The zero-order chi connectivity index (χ0) is 12.7. The van der Waals surface area contributed by atoms with Gasteiger partial charge < -0.3 is 10.6 Å². The van der Waals surface area contributed by atoms with Gasteiger partial charge in [-0.1, -0.05) is 18.5 Å². The number of carbonyl (C=O) groups excluding carboxylic acids is 1. The van der Waals surface area contributed by atoms with Gasteiger partial charge >= 0.3 is 0 Å². The number of hydrogen-bond donors (Lipinski definition) is 2. The first kappa shape index (κ1) is 14.0. The quantitative estimate of drug-likeness (QED) is 0.766. The predicted octanol–water partition coefficient (Wildman–Crippen LogP) is 2.38. The third-order valence-corrected chi connectivity index (χ3v) is 2.91. The molecule has 0 radical (unpaired) electrons. The Balaban J connectivity index is 2.39. The molecule has 0 heterocycles. The van der Waals surface area contributed by atoms with Gasteiger partial charge in [0.15, 0.2) is 0 Å². The number of halogens is 1. The maximum Gasteiger partial charge on any atom is 0.251 e. The summed E-state index contributed by atoms with van der Waals surface area (Å²) >= 11 is 5.91. The minimum Gasteiger partial charge on any atom is -0.352 e. The Bertz CT molecular complexity index is 380. The molecule has 0 atom stereocenters. The van der Waals surface area contributed by atoms with Crippen molar-refractivity contribution >= 4 is 17.5 Å². The van der Waals surface area contributed by atoms with Gasteiger partial charge in [0.25, 0.3) is 5.91 Å². The molecule has 0 aromatic heterocycles. The molecule has 17 heavy (non-hydrogen) atoms. The number of hydrogen-bond acceptors (Lipinski definition) is 2. The van der Waals surface area contributed by atoms with Crippen molar-refractivity contribution in [2.45, 2.75) is 20.3 Å². The topological polar surface area (TPSA) is 41.1 Å². The highest BCUT2D eigenvalue weighted by Crippen LogP contribution is 2.16. The molecule has 1 aromatic rings. The van der Waals surface area contributed by atoms with Crippen LogP contribution in [0, 0.1) is 6.92 Å². The smallest absolute Gasteiger partial charge is 0.251 e. The summed E-state index contributed by atoms with van der Waals surface area (Å²) in [6, 6.07) is 5.31. The second-order valence-corrected chi connectivity index (χ2v) is 4.33. The fraction of sp³-hybridized carbons (Fsp3) is 0.462. The summed E-state index contributed by atoms with van der Waals surface area (Å²) in [6.07, 6.45) is 0.937. The highest BCUT2D eigenvalue weighted by atomic mass is 35.5. The fourth-order valence-electron chi connectivity index (χ4n) is 1.48. The first-order valence-corrected chi connectivity index (χ1v) is 6.28. The maximum absolute atomic E-state index is 11.8. The van der Waals surface area contributed by atoms with E-state index in [4.69, 9.17) is 11.6 Å². The van der Waals surface area contributed by atoms with E-state index in [0.717, 1.165) is 25.1 Å². The lowest BCUT2D eigenvalue weighted by atomic mass is 10.1.